The van der Waals surface area contributed by atoms with Crippen LogP contribution in [0.1, 0.15) is 11.5 Å². The second-order valence-corrected chi connectivity index (χ2v) is 8.08. The molecule has 33 heavy (non-hydrogen) atoms. The summed E-state index contributed by atoms with van der Waals surface area (Å²) >= 11 is 0. The molecule has 4 aromatic heterocycles. The molecule has 0 fully saturated rings. The zero-order valence-electron chi connectivity index (χ0n) is 18.7. The maximum Gasteiger partial charge on any atom is 0.186 e. The van der Waals surface area contributed by atoms with E-state index < -0.39 is 0 Å². The van der Waals surface area contributed by atoms with Crippen LogP contribution >= 0.6 is 0 Å². The number of rotatable bonds is 8. The van der Waals surface area contributed by atoms with Crippen LogP contribution in [0.3, 0.4) is 0 Å². The normalized spacial score (nSPS) is 11.3. The van der Waals surface area contributed by atoms with Crippen LogP contribution in [0.4, 0.5) is 5.69 Å². The van der Waals surface area contributed by atoms with E-state index in [1.165, 1.54) is 0 Å². The molecular weight excluding hydrogens is 411 g/mol. The lowest BCUT2D eigenvalue weighted by Gasteiger charge is -2.16. The molecule has 0 atom stereocenters. The van der Waals surface area contributed by atoms with E-state index in [2.05, 4.69) is 45.3 Å². The smallest absolute Gasteiger partial charge is 0.186 e. The zero-order chi connectivity index (χ0) is 22.6. The Labute approximate surface area is 193 Å². The van der Waals surface area contributed by atoms with Crippen molar-refractivity contribution in [2.45, 2.75) is 13.5 Å². The number of hydrogen-bond acceptors (Lipinski definition) is 6. The fourth-order valence-electron chi connectivity index (χ4n) is 3.81. The minimum Gasteiger partial charge on any atom is -0.384 e. The van der Waals surface area contributed by atoms with E-state index in [0.717, 1.165) is 58.6 Å². The number of benzene rings is 1. The van der Waals surface area contributed by atoms with Gasteiger partial charge in [0, 0.05) is 42.8 Å². The van der Waals surface area contributed by atoms with Gasteiger partial charge in [0.25, 0.3) is 0 Å². The van der Waals surface area contributed by atoms with Crippen molar-refractivity contribution in [1.29, 1.82) is 0 Å². The molecule has 0 saturated heterocycles. The Morgan fingerprint density at radius 1 is 1.03 bits per heavy atom. The van der Waals surface area contributed by atoms with Crippen molar-refractivity contribution in [2.75, 3.05) is 18.4 Å². The summed E-state index contributed by atoms with van der Waals surface area (Å²) in [5.74, 6) is 0.893. The molecule has 0 unspecified atom stereocenters. The van der Waals surface area contributed by atoms with Crippen LogP contribution in [-0.2, 0) is 6.54 Å². The third-order valence-corrected chi connectivity index (χ3v) is 5.46. The lowest BCUT2D eigenvalue weighted by Crippen LogP contribution is -2.26. The molecule has 9 heteroatoms. The Kier molecular flexibility index (Phi) is 5.86. The van der Waals surface area contributed by atoms with E-state index >= 15 is 0 Å². The fraction of sp³-hybridized carbons (Fsp3) is 0.167. The quantitative estimate of drug-likeness (QED) is 0.364. The molecular formula is C24H25BN8. The minimum atomic E-state index is 0.695. The number of H-pyrrole nitrogens is 1. The van der Waals surface area contributed by atoms with E-state index in [1.807, 2.05) is 61.7 Å². The Bertz CT molecular complexity index is 1360. The van der Waals surface area contributed by atoms with Gasteiger partial charge in [-0.3, -0.25) is 4.98 Å². The summed E-state index contributed by atoms with van der Waals surface area (Å²) in [4.78, 5) is 19.7. The summed E-state index contributed by atoms with van der Waals surface area (Å²) in [7, 11) is 2.10. The average molecular weight is 436 g/mol. The lowest BCUT2D eigenvalue weighted by molar-refractivity contribution is 0.453. The molecule has 4 heterocycles. The Balaban J connectivity index is 1.39. The number of para-hydroxylation sites is 1. The summed E-state index contributed by atoms with van der Waals surface area (Å²) in [6, 6.07) is 20.2. The fourth-order valence-corrected chi connectivity index (χ4v) is 3.81. The van der Waals surface area contributed by atoms with Crippen molar-refractivity contribution in [1.82, 2.24) is 34.4 Å². The number of aryl methyl sites for hydroxylation is 1. The topological polar surface area (TPSA) is 87.0 Å². The van der Waals surface area contributed by atoms with E-state index in [-0.39, 0.29) is 0 Å². The molecule has 0 bridgehead atoms. The number of aromatic nitrogens is 6. The predicted molar refractivity (Wildman–Crippen MR) is 132 cm³/mol. The molecule has 1 aromatic carbocycles. The number of nitrogens with one attached hydrogen (secondary N) is 2. The van der Waals surface area contributed by atoms with Gasteiger partial charge in [0.1, 0.15) is 17.8 Å². The second kappa shape index (κ2) is 9.26. The van der Waals surface area contributed by atoms with E-state index in [0.29, 0.717) is 6.54 Å². The molecule has 2 N–H and O–H groups in total. The van der Waals surface area contributed by atoms with Crippen molar-refractivity contribution in [3.05, 3.63) is 84.7 Å². The highest BCUT2D eigenvalue weighted by Gasteiger charge is 2.17. The number of pyridine rings is 2. The summed E-state index contributed by atoms with van der Waals surface area (Å²) in [6.45, 7) is 4.42. The first-order valence-corrected chi connectivity index (χ1v) is 11.0. The molecule has 0 aliphatic heterocycles. The van der Waals surface area contributed by atoms with Crippen LogP contribution in [0.15, 0.2) is 73.2 Å². The minimum absolute atomic E-state index is 0.695. The van der Waals surface area contributed by atoms with Gasteiger partial charge in [-0.25, -0.2) is 14.5 Å². The van der Waals surface area contributed by atoms with Gasteiger partial charge in [0.15, 0.2) is 13.6 Å². The average Bonchev–Trinajstić information content (AvgIpc) is 3.46. The van der Waals surface area contributed by atoms with Crippen molar-refractivity contribution in [3.8, 4) is 22.6 Å². The summed E-state index contributed by atoms with van der Waals surface area (Å²) < 4.78 is 1.77. The van der Waals surface area contributed by atoms with Crippen LogP contribution < -0.4 is 5.32 Å². The second-order valence-electron chi connectivity index (χ2n) is 8.08. The van der Waals surface area contributed by atoms with Gasteiger partial charge >= 0.3 is 0 Å². The van der Waals surface area contributed by atoms with Gasteiger partial charge in [0.05, 0.1) is 11.4 Å². The van der Waals surface area contributed by atoms with Crippen LogP contribution in [0.25, 0.3) is 28.3 Å². The van der Waals surface area contributed by atoms with Crippen LogP contribution in [0, 0.1) is 6.92 Å². The van der Waals surface area contributed by atoms with Gasteiger partial charge in [0.2, 0.25) is 0 Å². The molecule has 0 spiro atoms. The Hall–Kier alpha value is -3.98. The highest BCUT2D eigenvalue weighted by atomic mass is 15.3. The number of fused-ring (bicyclic) bond motifs is 1. The SMILES string of the molecule is BN(CCNc1ccccc1)Cc1nc(-c2cccc(C)n2)c(-c2ccc3ncnn3c2)[nH]1. The van der Waals surface area contributed by atoms with Crippen LogP contribution in [-0.4, -0.2) is 55.4 Å². The molecule has 0 amide bonds. The summed E-state index contributed by atoms with van der Waals surface area (Å²) in [5.41, 5.74) is 6.49. The molecule has 0 radical (unpaired) electrons. The largest absolute Gasteiger partial charge is 0.384 e. The summed E-state index contributed by atoms with van der Waals surface area (Å²) in [6.07, 6.45) is 3.52. The van der Waals surface area contributed by atoms with Gasteiger partial charge < -0.3 is 15.1 Å². The number of aromatic amines is 1. The van der Waals surface area contributed by atoms with Gasteiger partial charge in [-0.2, -0.15) is 5.10 Å². The number of hydrogen-bond donors (Lipinski definition) is 2. The van der Waals surface area contributed by atoms with Crippen molar-refractivity contribution in [2.24, 2.45) is 0 Å². The molecule has 5 rings (SSSR count). The first-order valence-electron chi connectivity index (χ1n) is 11.0. The van der Waals surface area contributed by atoms with Gasteiger partial charge in [-0.1, -0.05) is 24.3 Å². The Morgan fingerprint density at radius 3 is 2.76 bits per heavy atom. The number of nitrogens with zero attached hydrogens (tertiary/aromatic N) is 6. The van der Waals surface area contributed by atoms with Crippen LogP contribution in [0.5, 0.6) is 0 Å². The monoisotopic (exact) mass is 436 g/mol. The van der Waals surface area contributed by atoms with Crippen LogP contribution in [0.2, 0.25) is 0 Å². The summed E-state index contributed by atoms with van der Waals surface area (Å²) in [5, 5.41) is 7.73. The van der Waals surface area contributed by atoms with E-state index in [4.69, 9.17) is 9.97 Å². The van der Waals surface area contributed by atoms with E-state index in [1.54, 1.807) is 10.8 Å². The standard InChI is InChI=1S/C24H25BN8/c1-17-6-5-9-20(29-17)24-23(18-10-11-22-27-16-28-33(22)14-18)30-21(31-24)15-32(25)13-12-26-19-7-3-2-4-8-19/h2-11,14,16,26H,12-13,15,25H2,1H3,(H,30,31). The maximum absolute atomic E-state index is 4.95. The van der Waals surface area contributed by atoms with Crippen molar-refractivity contribution in [3.63, 3.8) is 0 Å². The van der Waals surface area contributed by atoms with Gasteiger partial charge in [-0.05, 0) is 43.3 Å². The first-order chi connectivity index (χ1) is 16.2. The zero-order valence-corrected chi connectivity index (χ0v) is 18.7. The molecule has 0 saturated carbocycles. The van der Waals surface area contributed by atoms with Crippen molar-refractivity contribution >= 4 is 19.3 Å². The van der Waals surface area contributed by atoms with E-state index in [9.17, 15) is 0 Å². The first kappa shape index (κ1) is 20.9. The van der Waals surface area contributed by atoms with Crippen molar-refractivity contribution < 1.29 is 0 Å². The number of anilines is 1. The third kappa shape index (κ3) is 4.78. The molecule has 8 nitrogen and oxygen atoms in total. The molecule has 0 aliphatic rings. The highest BCUT2D eigenvalue weighted by Crippen LogP contribution is 2.29. The maximum atomic E-state index is 4.95. The lowest BCUT2D eigenvalue weighted by atomic mass is 10.1. The number of imidazole rings is 1. The highest BCUT2D eigenvalue weighted by molar-refractivity contribution is 6.04. The Morgan fingerprint density at radius 2 is 1.91 bits per heavy atom. The molecule has 0 aliphatic carbocycles. The predicted octanol–water partition coefficient (Wildman–Crippen LogP) is 2.95. The molecule has 5 aromatic rings. The third-order valence-electron chi connectivity index (χ3n) is 5.46. The molecule has 164 valence electrons. The van der Waals surface area contributed by atoms with Gasteiger partial charge in [-0.15, -0.1) is 0 Å².